The standard InChI is InChI=1S/C23H20FN5O3.C23H20FN3O3S.C22H19FN4O4.C20H19FN2O4.C18H15FN2O4/c1-31-20-11-14(3-6-17(20)24)4-7-18-21-19(29-28-18)8-5-16(22(21)32-2)23(30)27-13-15-12-25-9-10-26-15;1-29-20-8-4-14(11-17(20)24)3-6-18-21-19(27-26-18)7-5-16(22(21)30-2)23(28)25-12-15-9-10-31-13-15;1-29-18-8-4-13(11-15(18)23)3-6-16-20-17(27-26-16)7-5-14(21(20)30-2)22(28)25-12-19-24-9-10-31-19;1-4-27-20(24)13-7-10-16-18(19(13)26-3)15(22-23-16)9-6-12-5-8-14(21)17(11-12)25-2;1-24-15-9-10(3-6-12(15)19)4-7-13-16-14(21-20-13)8-5-11(18(22)23)17(16)25-2/h3-12H,13H2,1-2H3,(H,27,30)(H,28,29);3-11,13H,12H2,1-2H3,(H,25,28)(H,26,27);3-11H,12H2,1-2H3,(H,25,28)(H,26,27);5-11H,4H2,1-3H3,(H,22,23);3-9H,1-2H3,(H,20,21)(H,22,23)/b7-4+;2*6-3+;9-6+;7-4+. The number of carboxylic acid groups (broad SMARTS) is 1. The van der Waals surface area contributed by atoms with E-state index >= 15 is 0 Å². The molecule has 10 aromatic carbocycles. The molecule has 8 aromatic heterocycles. The number of rotatable bonds is 32. The third-order valence-electron chi connectivity index (χ3n) is 22.0. The van der Waals surface area contributed by atoms with Crippen LogP contribution in [-0.4, -0.2) is 178 Å². The topological polar surface area (TPSA) is 438 Å². The van der Waals surface area contributed by atoms with Gasteiger partial charge in [-0.2, -0.15) is 36.8 Å². The largest absolute Gasteiger partial charge is 0.495 e. The Labute approximate surface area is 832 Å². The number of hydrogen-bond donors (Lipinski definition) is 9. The molecular weight excluding hydrogens is 1910 g/mol. The van der Waals surface area contributed by atoms with Gasteiger partial charge in [0.05, 0.1) is 209 Å². The number of fused-ring (bicyclic) bond motifs is 5. The van der Waals surface area contributed by atoms with Gasteiger partial charge in [-0.15, -0.1) is 0 Å². The summed E-state index contributed by atoms with van der Waals surface area (Å²) in [5.74, 6) is -1.63. The molecule has 9 N–H and O–H groups in total. The molecule has 0 fully saturated rings. The number of H-pyrrole nitrogens is 5. The molecule has 0 saturated heterocycles. The lowest BCUT2D eigenvalue weighted by Gasteiger charge is -2.10. The molecule has 34 nitrogen and oxygen atoms in total. The van der Waals surface area contributed by atoms with Crippen LogP contribution in [0, 0.1) is 29.1 Å². The summed E-state index contributed by atoms with van der Waals surface area (Å²) in [4.78, 5) is 74.0. The number of amides is 3. The van der Waals surface area contributed by atoms with E-state index in [1.54, 1.807) is 213 Å². The van der Waals surface area contributed by atoms with Crippen LogP contribution < -0.4 is 63.3 Å². The Morgan fingerprint density at radius 3 is 1.03 bits per heavy atom. The number of carboxylic acids is 1. The molecule has 0 saturated carbocycles. The van der Waals surface area contributed by atoms with Crippen molar-refractivity contribution < 1.29 is 108 Å². The van der Waals surface area contributed by atoms with Crippen molar-refractivity contribution in [1.82, 2.24) is 81.9 Å². The number of halogens is 5. The minimum Gasteiger partial charge on any atom is -0.495 e. The zero-order chi connectivity index (χ0) is 103. The van der Waals surface area contributed by atoms with E-state index in [1.165, 1.54) is 120 Å². The van der Waals surface area contributed by atoms with Crippen molar-refractivity contribution in [3.63, 3.8) is 0 Å². The molecule has 0 unspecified atom stereocenters. The summed E-state index contributed by atoms with van der Waals surface area (Å²) in [7, 11) is 14.5. The fourth-order valence-corrected chi connectivity index (χ4v) is 15.7. The lowest BCUT2D eigenvalue weighted by molar-refractivity contribution is 0.0521. The fraction of sp³-hybridized carbons (Fsp3) is 0.142. The van der Waals surface area contributed by atoms with Crippen molar-refractivity contribution in [2.24, 2.45) is 0 Å². The molecule has 146 heavy (non-hydrogen) atoms. The van der Waals surface area contributed by atoms with E-state index in [0.717, 1.165) is 16.7 Å². The number of carbonyl (C=O) groups is 5. The number of methoxy groups -OCH3 is 10. The zero-order valence-electron chi connectivity index (χ0n) is 79.9. The van der Waals surface area contributed by atoms with E-state index in [1.807, 2.05) is 16.8 Å². The molecule has 0 bridgehead atoms. The Hall–Kier alpha value is -18.8. The lowest BCUT2D eigenvalue weighted by atomic mass is 10.1. The minimum absolute atomic E-state index is 0.0505. The Kier molecular flexibility index (Phi) is 34.5. The number of aromatic carboxylic acids is 1. The van der Waals surface area contributed by atoms with Gasteiger partial charge in [-0.05, 0) is 209 Å². The van der Waals surface area contributed by atoms with Crippen LogP contribution in [0.2, 0.25) is 0 Å². The van der Waals surface area contributed by atoms with E-state index in [4.69, 9.17) is 56.5 Å². The van der Waals surface area contributed by atoms with Crippen LogP contribution in [0.4, 0.5) is 22.0 Å². The summed E-state index contributed by atoms with van der Waals surface area (Å²) in [6.07, 6.45) is 25.2. The molecule has 0 aliphatic heterocycles. The lowest BCUT2D eigenvalue weighted by Crippen LogP contribution is -2.24. The SMILES string of the molecule is CCOC(=O)c1ccc2n[nH]c(/C=C/c3ccc(F)c(OC)c3)c2c1OC.COc1cc(/C=C/c2[nH]nc3ccc(C(=O)NCc4cnccn4)c(OC)c23)ccc1F.COc1cc(/C=C/c2[nH]nc3ccc(C(=O)O)c(OC)c23)ccc1F.COc1ccc(/C=C/c2[nH]nc3ccc(C(=O)NCc4ccsc4)c(OC)c23)cc1F.COc1ccc(/C=C/c2[nH]nc3ccc(C(=O)NCc4ncco4)c(OC)c23)cc1F. The van der Waals surface area contributed by atoms with Gasteiger partial charge in [0.2, 0.25) is 5.89 Å². The van der Waals surface area contributed by atoms with E-state index in [9.17, 15) is 51.0 Å². The summed E-state index contributed by atoms with van der Waals surface area (Å²) in [6, 6.07) is 41.5. The van der Waals surface area contributed by atoms with Crippen molar-refractivity contribution in [3.8, 4) is 57.5 Å². The molecule has 0 spiro atoms. The maximum atomic E-state index is 14.0. The first kappa shape index (κ1) is 103. The maximum Gasteiger partial charge on any atom is 0.341 e. The number of aromatic nitrogens is 13. The highest BCUT2D eigenvalue weighted by Gasteiger charge is 2.26. The molecule has 0 aliphatic carbocycles. The second-order valence-electron chi connectivity index (χ2n) is 30.9. The monoisotopic (exact) mass is 2000 g/mol. The van der Waals surface area contributed by atoms with Crippen molar-refractivity contribution >= 4 is 156 Å². The van der Waals surface area contributed by atoms with E-state index in [2.05, 4.69) is 81.9 Å². The van der Waals surface area contributed by atoms with Gasteiger partial charge in [0.15, 0.2) is 57.8 Å². The highest BCUT2D eigenvalue weighted by atomic mass is 32.1. The van der Waals surface area contributed by atoms with Gasteiger partial charge in [0.1, 0.15) is 46.1 Å². The first-order valence-electron chi connectivity index (χ1n) is 44.2. The number of aromatic amines is 5. The van der Waals surface area contributed by atoms with Gasteiger partial charge in [-0.3, -0.25) is 49.8 Å². The Morgan fingerprint density at radius 1 is 0.363 bits per heavy atom. The van der Waals surface area contributed by atoms with Crippen molar-refractivity contribution in [2.45, 2.75) is 26.6 Å². The van der Waals surface area contributed by atoms with Gasteiger partial charge in [-0.1, -0.05) is 60.7 Å². The van der Waals surface area contributed by atoms with Crippen molar-refractivity contribution in [3.05, 3.63) is 330 Å². The number of thiophene rings is 1. The second-order valence-corrected chi connectivity index (χ2v) is 31.6. The van der Waals surface area contributed by atoms with E-state index < -0.39 is 41.0 Å². The molecule has 18 rings (SSSR count). The van der Waals surface area contributed by atoms with Gasteiger partial charge >= 0.3 is 11.9 Å². The third kappa shape index (κ3) is 24.4. The highest BCUT2D eigenvalue weighted by Crippen LogP contribution is 2.40. The number of nitrogens with zero attached hydrogens (tertiary/aromatic N) is 8. The number of benzene rings is 10. The highest BCUT2D eigenvalue weighted by molar-refractivity contribution is 7.08. The van der Waals surface area contributed by atoms with Gasteiger partial charge in [0.25, 0.3) is 17.7 Å². The summed E-state index contributed by atoms with van der Waals surface area (Å²) in [5.41, 5.74) is 13.0. The number of ether oxygens (including phenoxy) is 11. The van der Waals surface area contributed by atoms with Crippen LogP contribution in [0.1, 0.15) is 132 Å². The molecule has 746 valence electrons. The normalized spacial score (nSPS) is 11.2. The molecule has 3 amide bonds. The zero-order valence-corrected chi connectivity index (χ0v) is 80.7. The number of nitrogens with one attached hydrogen (secondary N) is 8. The smallest absolute Gasteiger partial charge is 0.341 e. The van der Waals surface area contributed by atoms with Gasteiger partial charge < -0.3 is 77.6 Å². The Morgan fingerprint density at radius 2 is 0.705 bits per heavy atom. The van der Waals surface area contributed by atoms with E-state index in [-0.39, 0.29) is 77.5 Å². The van der Waals surface area contributed by atoms with Gasteiger partial charge in [0, 0.05) is 18.9 Å². The van der Waals surface area contributed by atoms with Crippen molar-refractivity contribution in [1.29, 1.82) is 0 Å². The molecule has 0 radical (unpaired) electrons. The average molecular weight is 2010 g/mol. The van der Waals surface area contributed by atoms with Crippen LogP contribution in [0.3, 0.4) is 0 Å². The quantitative estimate of drug-likeness (QED) is 0.0140. The summed E-state index contributed by atoms with van der Waals surface area (Å²) in [6.45, 7) is 2.83. The van der Waals surface area contributed by atoms with Crippen LogP contribution >= 0.6 is 11.3 Å². The predicted molar refractivity (Wildman–Crippen MR) is 542 cm³/mol. The summed E-state index contributed by atoms with van der Waals surface area (Å²) >= 11 is 1.58. The third-order valence-corrected chi connectivity index (χ3v) is 22.8. The van der Waals surface area contributed by atoms with Crippen LogP contribution in [-0.2, 0) is 24.4 Å². The Balaban J connectivity index is 0.000000145. The molecule has 18 aromatic rings. The number of oxazole rings is 1. The molecule has 0 atom stereocenters. The number of hydrogen-bond acceptors (Lipinski definition) is 26. The fourth-order valence-electron chi connectivity index (χ4n) is 15.0. The van der Waals surface area contributed by atoms with Crippen LogP contribution in [0.15, 0.2) is 204 Å². The molecule has 8 heterocycles. The molecule has 40 heteroatoms. The Bertz CT molecular complexity index is 7700. The predicted octanol–water partition coefficient (Wildman–Crippen LogP) is 20.0. The average Bonchev–Trinajstić information content (AvgIpc) is 1.64. The minimum atomic E-state index is -1.09. The van der Waals surface area contributed by atoms with Gasteiger partial charge in [-0.25, -0.2) is 36.5 Å². The maximum absolute atomic E-state index is 14.0. The summed E-state index contributed by atoms with van der Waals surface area (Å²) < 4.78 is 131. The first-order valence-corrected chi connectivity index (χ1v) is 45.1. The van der Waals surface area contributed by atoms with E-state index in [0.29, 0.717) is 163 Å². The van der Waals surface area contributed by atoms with Crippen LogP contribution in [0.25, 0.3) is 115 Å². The van der Waals surface area contributed by atoms with Crippen molar-refractivity contribution in [2.75, 3.05) is 77.7 Å². The molecule has 0 aliphatic rings. The molecular formula is C106H93F5N16O18S. The number of carbonyl (C=O) groups excluding carboxylic acids is 4. The number of esters is 1. The first-order chi connectivity index (χ1) is 70.9. The van der Waals surface area contributed by atoms with Crippen LogP contribution in [0.5, 0.6) is 57.5 Å². The summed E-state index contributed by atoms with van der Waals surface area (Å²) in [5, 5.41) is 60.8. The second kappa shape index (κ2) is 48.9.